The van der Waals surface area contributed by atoms with Crippen molar-refractivity contribution in [2.75, 3.05) is 0 Å². The highest BCUT2D eigenvalue weighted by Crippen LogP contribution is 2.42. The van der Waals surface area contributed by atoms with E-state index in [4.69, 9.17) is 9.97 Å². The first-order valence-electron chi connectivity index (χ1n) is 18.5. The number of hydrogen-bond donors (Lipinski definition) is 0. The van der Waals surface area contributed by atoms with E-state index in [1.165, 1.54) is 75.8 Å². The average Bonchev–Trinajstić information content (AvgIpc) is 3.25. The zero-order chi connectivity index (χ0) is 35.6. The van der Waals surface area contributed by atoms with Crippen molar-refractivity contribution >= 4 is 64.6 Å². The van der Waals surface area contributed by atoms with E-state index in [-0.39, 0.29) is 0 Å². The second-order valence-corrected chi connectivity index (χ2v) is 14.1. The smallest absolute Gasteiger partial charge is 0.160 e. The van der Waals surface area contributed by atoms with E-state index in [0.29, 0.717) is 5.82 Å². The zero-order valence-corrected chi connectivity index (χ0v) is 29.4. The highest BCUT2D eigenvalue weighted by molar-refractivity contribution is 6.21. The number of fused-ring (bicyclic) bond motifs is 8. The van der Waals surface area contributed by atoms with Crippen LogP contribution in [0, 0.1) is 0 Å². The molecular formula is C52H32N2. The van der Waals surface area contributed by atoms with E-state index in [2.05, 4.69) is 188 Å². The first-order valence-corrected chi connectivity index (χ1v) is 18.5. The Balaban J connectivity index is 1.13. The number of hydrogen-bond acceptors (Lipinski definition) is 2. The van der Waals surface area contributed by atoms with Gasteiger partial charge in [0.25, 0.3) is 0 Å². The molecule has 0 saturated carbocycles. The van der Waals surface area contributed by atoms with E-state index in [1.807, 2.05) is 6.07 Å². The first-order chi connectivity index (χ1) is 26.8. The summed E-state index contributed by atoms with van der Waals surface area (Å²) in [6, 6.07) is 69.9. The molecule has 0 aliphatic carbocycles. The van der Waals surface area contributed by atoms with Crippen LogP contribution in [0.25, 0.3) is 110 Å². The van der Waals surface area contributed by atoms with Crippen molar-refractivity contribution in [2.45, 2.75) is 0 Å². The van der Waals surface area contributed by atoms with Crippen molar-refractivity contribution in [1.82, 2.24) is 9.97 Å². The van der Waals surface area contributed by atoms with Crippen LogP contribution in [0.2, 0.25) is 0 Å². The summed E-state index contributed by atoms with van der Waals surface area (Å²) in [5.74, 6) is 0.709. The van der Waals surface area contributed by atoms with E-state index in [9.17, 15) is 0 Å². The molecule has 2 nitrogen and oxygen atoms in total. The molecule has 0 spiro atoms. The minimum absolute atomic E-state index is 0.709. The summed E-state index contributed by atoms with van der Waals surface area (Å²) >= 11 is 0. The summed E-state index contributed by atoms with van der Waals surface area (Å²) in [5, 5.41) is 14.8. The molecule has 0 saturated heterocycles. The van der Waals surface area contributed by atoms with E-state index in [1.54, 1.807) is 0 Å². The van der Waals surface area contributed by atoms with E-state index >= 15 is 0 Å². The minimum Gasteiger partial charge on any atom is -0.228 e. The van der Waals surface area contributed by atoms with Crippen LogP contribution in [0.5, 0.6) is 0 Å². The largest absolute Gasteiger partial charge is 0.228 e. The van der Waals surface area contributed by atoms with E-state index < -0.39 is 0 Å². The third-order valence-corrected chi connectivity index (χ3v) is 11.0. The summed E-state index contributed by atoms with van der Waals surface area (Å²) in [6.07, 6.45) is 0. The van der Waals surface area contributed by atoms with Crippen LogP contribution in [-0.2, 0) is 0 Å². The molecule has 0 bridgehead atoms. The number of aromatic nitrogens is 2. The van der Waals surface area contributed by atoms with Gasteiger partial charge in [0, 0.05) is 16.7 Å². The molecule has 0 aliphatic heterocycles. The Hall–Kier alpha value is -7.16. The SMILES string of the molecule is c1ccc(-c2nc(-c3ccc(-c4c5ccccc5cc5c4ccc4ccccc45)cc3)cc(-c3c4ccccc4cc4c3ccc3ccccc34)n2)cc1. The van der Waals surface area contributed by atoms with Gasteiger partial charge in [0.05, 0.1) is 11.4 Å². The molecule has 11 rings (SSSR count). The van der Waals surface area contributed by atoms with Gasteiger partial charge in [0.1, 0.15) is 0 Å². The van der Waals surface area contributed by atoms with Gasteiger partial charge in [-0.1, -0.05) is 176 Å². The first kappa shape index (κ1) is 30.5. The Morgan fingerprint density at radius 1 is 0.241 bits per heavy atom. The maximum atomic E-state index is 5.33. The van der Waals surface area contributed by atoms with Gasteiger partial charge in [-0.3, -0.25) is 0 Å². The Labute approximate surface area is 312 Å². The fourth-order valence-electron chi connectivity index (χ4n) is 8.47. The van der Waals surface area contributed by atoms with Crippen LogP contribution < -0.4 is 0 Å². The van der Waals surface area contributed by atoms with Crippen LogP contribution in [0.4, 0.5) is 0 Å². The predicted octanol–water partition coefficient (Wildman–Crippen LogP) is 14.1. The zero-order valence-electron chi connectivity index (χ0n) is 29.4. The third kappa shape index (κ3) is 4.88. The highest BCUT2D eigenvalue weighted by Gasteiger charge is 2.18. The molecule has 0 atom stereocenters. The van der Waals surface area contributed by atoms with Crippen LogP contribution in [0.3, 0.4) is 0 Å². The fourth-order valence-corrected chi connectivity index (χ4v) is 8.47. The molecule has 2 heteroatoms. The molecule has 0 unspecified atom stereocenters. The highest BCUT2D eigenvalue weighted by atomic mass is 14.9. The van der Waals surface area contributed by atoms with Crippen molar-refractivity contribution in [1.29, 1.82) is 0 Å². The van der Waals surface area contributed by atoms with Crippen LogP contribution in [0.15, 0.2) is 194 Å². The molecule has 1 aromatic heterocycles. The number of nitrogens with zero attached hydrogens (tertiary/aromatic N) is 2. The lowest BCUT2D eigenvalue weighted by Gasteiger charge is -2.16. The lowest BCUT2D eigenvalue weighted by atomic mass is 9.89. The number of benzene rings is 10. The molecule has 250 valence electrons. The Kier molecular flexibility index (Phi) is 6.90. The van der Waals surface area contributed by atoms with Crippen molar-refractivity contribution in [3.8, 4) is 45.0 Å². The summed E-state index contributed by atoms with van der Waals surface area (Å²) in [7, 11) is 0. The maximum Gasteiger partial charge on any atom is 0.160 e. The summed E-state index contributed by atoms with van der Waals surface area (Å²) < 4.78 is 0. The van der Waals surface area contributed by atoms with Gasteiger partial charge in [0.15, 0.2) is 5.82 Å². The van der Waals surface area contributed by atoms with Crippen LogP contribution in [0.1, 0.15) is 0 Å². The summed E-state index contributed by atoms with van der Waals surface area (Å²) in [5.41, 5.74) is 7.39. The molecule has 1 heterocycles. The van der Waals surface area contributed by atoms with Gasteiger partial charge in [-0.25, -0.2) is 9.97 Å². The quantitative estimate of drug-likeness (QED) is 0.136. The molecule has 10 aromatic carbocycles. The summed E-state index contributed by atoms with van der Waals surface area (Å²) in [6.45, 7) is 0. The van der Waals surface area contributed by atoms with Crippen LogP contribution >= 0.6 is 0 Å². The molecule has 54 heavy (non-hydrogen) atoms. The second kappa shape index (κ2) is 12.2. The van der Waals surface area contributed by atoms with Crippen LogP contribution in [-0.4, -0.2) is 9.97 Å². The van der Waals surface area contributed by atoms with Gasteiger partial charge in [-0.15, -0.1) is 0 Å². The normalized spacial score (nSPS) is 11.7. The average molecular weight is 685 g/mol. The predicted molar refractivity (Wildman–Crippen MR) is 229 cm³/mol. The standard InChI is InChI=1S/C52H32N2/c1-2-14-37(15-3-1)52-53-48(32-49(54-52)51-43-21-11-7-17-39(43)31-47-41-19-9-5-13-34(41)27-29-45(47)51)35-22-24-36(25-23-35)50-42-20-10-6-16-38(42)30-46-40-18-8-4-12-33(40)26-28-44(46)50/h1-32H. The molecule has 0 radical (unpaired) electrons. The van der Waals surface area contributed by atoms with Crippen molar-refractivity contribution in [3.05, 3.63) is 194 Å². The van der Waals surface area contributed by atoms with E-state index in [0.717, 1.165) is 28.1 Å². The second-order valence-electron chi connectivity index (χ2n) is 14.1. The topological polar surface area (TPSA) is 25.8 Å². The maximum absolute atomic E-state index is 5.33. The van der Waals surface area contributed by atoms with Gasteiger partial charge in [-0.2, -0.15) is 0 Å². The third-order valence-electron chi connectivity index (χ3n) is 11.0. The molecule has 0 amide bonds. The minimum atomic E-state index is 0.709. The van der Waals surface area contributed by atoms with Crippen molar-refractivity contribution < 1.29 is 0 Å². The van der Waals surface area contributed by atoms with Gasteiger partial charge in [0.2, 0.25) is 0 Å². The lowest BCUT2D eigenvalue weighted by molar-refractivity contribution is 1.19. The fraction of sp³-hybridized carbons (Fsp3) is 0. The van der Waals surface area contributed by atoms with Crippen molar-refractivity contribution in [2.24, 2.45) is 0 Å². The van der Waals surface area contributed by atoms with Gasteiger partial charge < -0.3 is 0 Å². The monoisotopic (exact) mass is 684 g/mol. The Morgan fingerprint density at radius 2 is 0.704 bits per heavy atom. The van der Waals surface area contributed by atoms with Crippen molar-refractivity contribution in [3.63, 3.8) is 0 Å². The molecular weight excluding hydrogens is 653 g/mol. The molecule has 0 aliphatic rings. The molecule has 0 fully saturated rings. The van der Waals surface area contributed by atoms with Gasteiger partial charge in [-0.05, 0) is 94.0 Å². The molecule has 0 N–H and O–H groups in total. The van der Waals surface area contributed by atoms with Gasteiger partial charge >= 0.3 is 0 Å². The Bertz CT molecular complexity index is 3250. The lowest BCUT2D eigenvalue weighted by Crippen LogP contribution is -1.97. The summed E-state index contributed by atoms with van der Waals surface area (Å²) in [4.78, 5) is 10.6. The Morgan fingerprint density at radius 3 is 1.31 bits per heavy atom. The molecule has 11 aromatic rings. The number of rotatable bonds is 4.